The van der Waals surface area contributed by atoms with Gasteiger partial charge in [-0.3, -0.25) is 4.99 Å². The second-order valence-electron chi connectivity index (χ2n) is 2.97. The summed E-state index contributed by atoms with van der Waals surface area (Å²) in [6, 6.07) is 0.334. The van der Waals surface area contributed by atoms with E-state index in [4.69, 9.17) is 10.5 Å². The minimum absolute atomic E-state index is 0.246. The molecule has 0 amide bonds. The van der Waals surface area contributed by atoms with Crippen LogP contribution in [0.15, 0.2) is 4.99 Å². The van der Waals surface area contributed by atoms with Gasteiger partial charge in [-0.25, -0.2) is 0 Å². The largest absolute Gasteiger partial charge is 0.376 e. The summed E-state index contributed by atoms with van der Waals surface area (Å²) in [5.74, 6) is 0.528. The Bertz CT molecular complexity index is 170. The topological polar surface area (TPSA) is 59.6 Å². The number of aliphatic imine (C=N–C) groups is 1. The van der Waals surface area contributed by atoms with Crippen LogP contribution in [0.2, 0.25) is 0 Å². The monoisotopic (exact) mass is 171 g/mol. The number of rotatable bonds is 2. The average molecular weight is 171 g/mol. The molecule has 1 heterocycles. The SMILES string of the molecule is CCN=C(N)NC1CCOC1C. The third-order valence-electron chi connectivity index (χ3n) is 2.04. The van der Waals surface area contributed by atoms with Crippen LogP contribution in [-0.4, -0.2) is 31.3 Å². The Balaban J connectivity index is 2.34. The van der Waals surface area contributed by atoms with Gasteiger partial charge in [0.1, 0.15) is 0 Å². The van der Waals surface area contributed by atoms with E-state index in [2.05, 4.69) is 10.3 Å². The van der Waals surface area contributed by atoms with Crippen LogP contribution >= 0.6 is 0 Å². The van der Waals surface area contributed by atoms with Crippen LogP contribution in [-0.2, 0) is 4.74 Å². The predicted octanol–water partition coefficient (Wildman–Crippen LogP) is 0.0880. The first-order chi connectivity index (χ1) is 5.74. The van der Waals surface area contributed by atoms with E-state index in [1.54, 1.807) is 0 Å². The Kier molecular flexibility index (Phi) is 3.34. The van der Waals surface area contributed by atoms with Gasteiger partial charge in [-0.1, -0.05) is 0 Å². The molecule has 1 aliphatic rings. The Morgan fingerprint density at radius 1 is 1.75 bits per heavy atom. The number of hydrogen-bond donors (Lipinski definition) is 2. The normalized spacial score (nSPS) is 30.7. The van der Waals surface area contributed by atoms with Crippen molar-refractivity contribution in [3.05, 3.63) is 0 Å². The molecule has 0 saturated carbocycles. The van der Waals surface area contributed by atoms with Gasteiger partial charge in [0.05, 0.1) is 12.1 Å². The fraction of sp³-hybridized carbons (Fsp3) is 0.875. The lowest BCUT2D eigenvalue weighted by molar-refractivity contribution is 0.116. The molecule has 0 aliphatic carbocycles. The molecule has 4 heteroatoms. The molecule has 3 N–H and O–H groups in total. The van der Waals surface area contributed by atoms with Crippen LogP contribution in [0.25, 0.3) is 0 Å². The molecule has 0 radical (unpaired) electrons. The third kappa shape index (κ3) is 2.37. The lowest BCUT2D eigenvalue weighted by Gasteiger charge is -2.16. The maximum atomic E-state index is 5.61. The Labute approximate surface area is 73.2 Å². The number of guanidine groups is 1. The van der Waals surface area contributed by atoms with Crippen LogP contribution in [0.1, 0.15) is 20.3 Å². The van der Waals surface area contributed by atoms with E-state index >= 15 is 0 Å². The van der Waals surface area contributed by atoms with Gasteiger partial charge >= 0.3 is 0 Å². The summed E-state index contributed by atoms with van der Waals surface area (Å²) in [6.45, 7) is 5.55. The van der Waals surface area contributed by atoms with Crippen molar-refractivity contribution in [2.24, 2.45) is 10.7 Å². The number of hydrogen-bond acceptors (Lipinski definition) is 2. The molecule has 1 aliphatic heterocycles. The molecule has 4 nitrogen and oxygen atoms in total. The first kappa shape index (κ1) is 9.32. The minimum atomic E-state index is 0.246. The maximum absolute atomic E-state index is 5.61. The molecular weight excluding hydrogens is 154 g/mol. The van der Waals surface area contributed by atoms with E-state index < -0.39 is 0 Å². The third-order valence-corrected chi connectivity index (χ3v) is 2.04. The van der Waals surface area contributed by atoms with Crippen molar-refractivity contribution in [2.75, 3.05) is 13.2 Å². The molecule has 0 aromatic carbocycles. The highest BCUT2D eigenvalue weighted by atomic mass is 16.5. The van der Waals surface area contributed by atoms with E-state index in [0.717, 1.165) is 19.6 Å². The summed E-state index contributed by atoms with van der Waals surface area (Å²) in [5.41, 5.74) is 5.61. The summed E-state index contributed by atoms with van der Waals surface area (Å²) >= 11 is 0. The van der Waals surface area contributed by atoms with E-state index in [1.807, 2.05) is 13.8 Å². The number of nitrogens with one attached hydrogen (secondary N) is 1. The quantitative estimate of drug-likeness (QED) is 0.457. The maximum Gasteiger partial charge on any atom is 0.188 e. The summed E-state index contributed by atoms with van der Waals surface area (Å²) in [6.07, 6.45) is 1.26. The fourth-order valence-corrected chi connectivity index (χ4v) is 1.33. The first-order valence-electron chi connectivity index (χ1n) is 4.42. The zero-order valence-electron chi connectivity index (χ0n) is 7.71. The standard InChI is InChI=1S/C8H17N3O/c1-3-10-8(9)11-7-4-5-12-6(7)2/h6-7H,3-5H2,1-2H3,(H3,9,10,11). The predicted molar refractivity (Wildman–Crippen MR) is 49.1 cm³/mol. The van der Waals surface area contributed by atoms with Crippen molar-refractivity contribution >= 4 is 5.96 Å². The molecule has 1 rings (SSSR count). The van der Waals surface area contributed by atoms with Crippen LogP contribution in [0, 0.1) is 0 Å². The molecule has 12 heavy (non-hydrogen) atoms. The molecule has 0 aromatic rings. The summed E-state index contributed by atoms with van der Waals surface area (Å²) in [5, 5.41) is 3.13. The van der Waals surface area contributed by atoms with Crippen LogP contribution < -0.4 is 11.1 Å². The molecule has 0 spiro atoms. The van der Waals surface area contributed by atoms with Gasteiger partial charge in [0.2, 0.25) is 0 Å². The van der Waals surface area contributed by atoms with Crippen molar-refractivity contribution < 1.29 is 4.74 Å². The first-order valence-corrected chi connectivity index (χ1v) is 4.42. The van der Waals surface area contributed by atoms with Crippen molar-refractivity contribution in [3.63, 3.8) is 0 Å². The summed E-state index contributed by atoms with van der Waals surface area (Å²) in [4.78, 5) is 4.05. The Morgan fingerprint density at radius 2 is 2.50 bits per heavy atom. The summed E-state index contributed by atoms with van der Waals surface area (Å²) < 4.78 is 5.37. The average Bonchev–Trinajstić information content (AvgIpc) is 2.37. The Morgan fingerprint density at radius 3 is 3.00 bits per heavy atom. The fourth-order valence-electron chi connectivity index (χ4n) is 1.33. The number of nitrogens with zero attached hydrogens (tertiary/aromatic N) is 1. The van der Waals surface area contributed by atoms with Crippen LogP contribution in [0.4, 0.5) is 0 Å². The van der Waals surface area contributed by atoms with Gasteiger partial charge in [-0.2, -0.15) is 0 Å². The highest BCUT2D eigenvalue weighted by Gasteiger charge is 2.23. The smallest absolute Gasteiger partial charge is 0.188 e. The van der Waals surface area contributed by atoms with Crippen molar-refractivity contribution in [3.8, 4) is 0 Å². The van der Waals surface area contributed by atoms with Crippen molar-refractivity contribution in [1.82, 2.24) is 5.32 Å². The molecule has 2 unspecified atom stereocenters. The van der Waals surface area contributed by atoms with E-state index in [9.17, 15) is 0 Å². The van der Waals surface area contributed by atoms with E-state index in [0.29, 0.717) is 12.0 Å². The molecule has 1 fully saturated rings. The van der Waals surface area contributed by atoms with Gasteiger partial charge in [0, 0.05) is 13.2 Å². The van der Waals surface area contributed by atoms with Crippen molar-refractivity contribution in [1.29, 1.82) is 0 Å². The minimum Gasteiger partial charge on any atom is -0.376 e. The molecule has 0 bridgehead atoms. The zero-order valence-corrected chi connectivity index (χ0v) is 7.71. The highest BCUT2D eigenvalue weighted by Crippen LogP contribution is 2.11. The second-order valence-corrected chi connectivity index (χ2v) is 2.97. The van der Waals surface area contributed by atoms with Gasteiger partial charge in [-0.15, -0.1) is 0 Å². The van der Waals surface area contributed by atoms with Gasteiger partial charge in [0.25, 0.3) is 0 Å². The lowest BCUT2D eigenvalue weighted by Crippen LogP contribution is -2.43. The number of nitrogens with two attached hydrogens (primary N) is 1. The van der Waals surface area contributed by atoms with Crippen LogP contribution in [0.5, 0.6) is 0 Å². The van der Waals surface area contributed by atoms with Gasteiger partial charge < -0.3 is 15.8 Å². The lowest BCUT2D eigenvalue weighted by atomic mass is 10.2. The van der Waals surface area contributed by atoms with Gasteiger partial charge in [-0.05, 0) is 20.3 Å². The second kappa shape index (κ2) is 4.30. The number of ether oxygens (including phenoxy) is 1. The molecule has 0 aromatic heterocycles. The highest BCUT2D eigenvalue weighted by molar-refractivity contribution is 5.78. The molecule has 2 atom stereocenters. The molecule has 70 valence electrons. The van der Waals surface area contributed by atoms with Crippen molar-refractivity contribution in [2.45, 2.75) is 32.4 Å². The van der Waals surface area contributed by atoms with E-state index in [1.165, 1.54) is 0 Å². The van der Waals surface area contributed by atoms with Gasteiger partial charge in [0.15, 0.2) is 5.96 Å². The molecular formula is C8H17N3O. The van der Waals surface area contributed by atoms with Crippen LogP contribution in [0.3, 0.4) is 0 Å². The van der Waals surface area contributed by atoms with E-state index in [-0.39, 0.29) is 6.10 Å². The summed E-state index contributed by atoms with van der Waals surface area (Å²) in [7, 11) is 0. The Hall–Kier alpha value is -0.770. The zero-order chi connectivity index (χ0) is 8.97. The molecule has 1 saturated heterocycles.